The van der Waals surface area contributed by atoms with Gasteiger partial charge in [-0.2, -0.15) is 0 Å². The molecule has 0 spiro atoms. The SMILES string of the molecule is CCC[CH2][Sn]([CH2]CCC)([CH2]CCC)[c]1ccc(NN)c(F)c1. The number of halogens is 1. The number of anilines is 1. The summed E-state index contributed by atoms with van der Waals surface area (Å²) >= 11 is -2.50. The van der Waals surface area contributed by atoms with Crippen LogP contribution in [0.2, 0.25) is 13.3 Å². The molecule has 3 N–H and O–H groups in total. The molecule has 0 saturated carbocycles. The molecule has 0 saturated heterocycles. The van der Waals surface area contributed by atoms with E-state index in [1.54, 1.807) is 6.07 Å². The average Bonchev–Trinajstić information content (AvgIpc) is 2.54. The van der Waals surface area contributed by atoms with E-state index in [4.69, 9.17) is 5.84 Å². The zero-order chi connectivity index (χ0) is 16.4. The number of benzene rings is 1. The summed E-state index contributed by atoms with van der Waals surface area (Å²) in [5, 5.41) is 0. The monoisotopic (exact) mass is 416 g/mol. The molecule has 2 nitrogen and oxygen atoms in total. The number of hydrogen-bond donors (Lipinski definition) is 2. The molecular weight excluding hydrogens is 382 g/mol. The summed E-state index contributed by atoms with van der Waals surface area (Å²) in [7, 11) is 0. The van der Waals surface area contributed by atoms with E-state index >= 15 is 0 Å². The third-order valence-electron chi connectivity index (χ3n) is 4.76. The molecule has 0 radical (unpaired) electrons. The average molecular weight is 415 g/mol. The van der Waals surface area contributed by atoms with Gasteiger partial charge < -0.3 is 0 Å². The van der Waals surface area contributed by atoms with Crippen molar-refractivity contribution in [1.29, 1.82) is 0 Å². The minimum absolute atomic E-state index is 0.189. The van der Waals surface area contributed by atoms with Crippen LogP contribution in [0.5, 0.6) is 0 Å². The van der Waals surface area contributed by atoms with E-state index in [0.29, 0.717) is 5.69 Å². The topological polar surface area (TPSA) is 38.0 Å². The number of hydrazine groups is 1. The standard InChI is InChI=1S/C6H6FN2.3C4H9.Sn/c7-5-3-1-2-4-6(5)9-8;3*1-3-4-2;/h2-4,9H,8H2;3*1,3-4H2,2H3;. The molecule has 0 aliphatic rings. The Kier molecular flexibility index (Phi) is 9.41. The number of unbranched alkanes of at least 4 members (excludes halogenated alkanes) is 3. The van der Waals surface area contributed by atoms with Gasteiger partial charge in [0.05, 0.1) is 0 Å². The molecule has 0 bridgehead atoms. The Morgan fingerprint density at radius 1 is 0.955 bits per heavy atom. The summed E-state index contributed by atoms with van der Waals surface area (Å²) in [6.45, 7) is 6.79. The van der Waals surface area contributed by atoms with Crippen molar-refractivity contribution in [3.63, 3.8) is 0 Å². The maximum absolute atomic E-state index is 14.2. The summed E-state index contributed by atoms with van der Waals surface area (Å²) in [5.41, 5.74) is 2.86. The van der Waals surface area contributed by atoms with Gasteiger partial charge in [0.25, 0.3) is 0 Å². The van der Waals surface area contributed by atoms with Crippen LogP contribution >= 0.6 is 0 Å². The molecule has 0 aliphatic carbocycles. The van der Waals surface area contributed by atoms with E-state index in [-0.39, 0.29) is 5.82 Å². The minimum atomic E-state index is -2.50. The van der Waals surface area contributed by atoms with Gasteiger partial charge in [-0.15, -0.1) is 0 Å². The summed E-state index contributed by atoms with van der Waals surface area (Å²) in [4.78, 5) is 0. The normalized spacial score (nSPS) is 11.7. The molecule has 22 heavy (non-hydrogen) atoms. The molecule has 0 unspecified atom stereocenters. The number of rotatable bonds is 11. The first-order valence-corrected chi connectivity index (χ1v) is 16.4. The molecule has 1 rings (SSSR count). The summed E-state index contributed by atoms with van der Waals surface area (Å²) in [6, 6.07) is 5.79. The molecule has 1 aromatic carbocycles. The predicted octanol–water partition coefficient (Wildman–Crippen LogP) is 5.17. The molecule has 0 fully saturated rings. The van der Waals surface area contributed by atoms with Crippen molar-refractivity contribution in [1.82, 2.24) is 0 Å². The Balaban J connectivity index is 3.15. The summed E-state index contributed by atoms with van der Waals surface area (Å²) in [6.07, 6.45) is 7.59. The Hall–Kier alpha value is -0.291. The fourth-order valence-corrected chi connectivity index (χ4v) is 19.2. The molecule has 0 aromatic heterocycles. The summed E-state index contributed by atoms with van der Waals surface area (Å²) < 4.78 is 19.7. The molecule has 0 heterocycles. The summed E-state index contributed by atoms with van der Waals surface area (Å²) in [5.74, 6) is 5.19. The predicted molar refractivity (Wildman–Crippen MR) is 98.7 cm³/mol. The van der Waals surface area contributed by atoms with Crippen molar-refractivity contribution in [3.8, 4) is 0 Å². The van der Waals surface area contributed by atoms with Gasteiger partial charge in [-0.25, -0.2) is 0 Å². The van der Waals surface area contributed by atoms with E-state index in [0.717, 1.165) is 0 Å². The van der Waals surface area contributed by atoms with Crippen molar-refractivity contribution in [2.45, 2.75) is 72.6 Å². The van der Waals surface area contributed by atoms with Gasteiger partial charge in [-0.3, -0.25) is 0 Å². The van der Waals surface area contributed by atoms with Crippen LogP contribution in [-0.4, -0.2) is 18.4 Å². The van der Waals surface area contributed by atoms with Crippen LogP contribution < -0.4 is 14.8 Å². The molecule has 126 valence electrons. The Bertz CT molecular complexity index is 415. The Morgan fingerprint density at radius 3 is 1.82 bits per heavy atom. The van der Waals surface area contributed by atoms with Crippen LogP contribution in [0.4, 0.5) is 10.1 Å². The molecule has 0 amide bonds. The van der Waals surface area contributed by atoms with Crippen LogP contribution in [-0.2, 0) is 0 Å². The maximum atomic E-state index is 14.2. The van der Waals surface area contributed by atoms with Crippen LogP contribution in [0, 0.1) is 5.82 Å². The molecule has 1 aromatic rings. The molecule has 0 aliphatic heterocycles. The molecular formula is C18H33FN2Sn. The molecule has 0 atom stereocenters. The fourth-order valence-electron chi connectivity index (χ4n) is 3.32. The number of hydrogen-bond acceptors (Lipinski definition) is 2. The Morgan fingerprint density at radius 2 is 1.45 bits per heavy atom. The van der Waals surface area contributed by atoms with Crippen molar-refractivity contribution in [2.75, 3.05) is 5.43 Å². The van der Waals surface area contributed by atoms with Crippen LogP contribution in [0.1, 0.15) is 59.3 Å². The van der Waals surface area contributed by atoms with Gasteiger partial charge in [-0.05, 0) is 0 Å². The van der Waals surface area contributed by atoms with E-state index in [9.17, 15) is 4.39 Å². The molecule has 4 heteroatoms. The van der Waals surface area contributed by atoms with Crippen molar-refractivity contribution in [2.24, 2.45) is 5.84 Å². The third kappa shape index (κ3) is 5.41. The number of nitrogen functional groups attached to an aromatic ring is 1. The second-order valence-corrected chi connectivity index (χ2v) is 19.7. The number of nitrogens with two attached hydrogens (primary N) is 1. The van der Waals surface area contributed by atoms with Gasteiger partial charge in [0.2, 0.25) is 0 Å². The van der Waals surface area contributed by atoms with Gasteiger partial charge in [0.15, 0.2) is 0 Å². The van der Waals surface area contributed by atoms with Gasteiger partial charge in [0, 0.05) is 0 Å². The quantitative estimate of drug-likeness (QED) is 0.298. The van der Waals surface area contributed by atoms with E-state index in [2.05, 4.69) is 32.3 Å². The zero-order valence-corrected chi connectivity index (χ0v) is 17.4. The van der Waals surface area contributed by atoms with Crippen LogP contribution in [0.3, 0.4) is 0 Å². The van der Waals surface area contributed by atoms with Gasteiger partial charge in [-0.1, -0.05) is 0 Å². The van der Waals surface area contributed by atoms with Crippen molar-refractivity contribution >= 4 is 27.6 Å². The first-order chi connectivity index (χ1) is 10.6. The second-order valence-electron chi connectivity index (χ2n) is 6.43. The van der Waals surface area contributed by atoms with Gasteiger partial charge in [0.1, 0.15) is 0 Å². The van der Waals surface area contributed by atoms with Crippen LogP contribution in [0.15, 0.2) is 18.2 Å². The van der Waals surface area contributed by atoms with E-state index in [1.165, 1.54) is 55.4 Å². The first-order valence-electron chi connectivity index (χ1n) is 8.90. The fraction of sp³-hybridized carbons (Fsp3) is 0.667. The Labute approximate surface area is 139 Å². The van der Waals surface area contributed by atoms with Crippen LogP contribution in [0.25, 0.3) is 0 Å². The van der Waals surface area contributed by atoms with Crippen molar-refractivity contribution < 1.29 is 4.39 Å². The number of nitrogens with one attached hydrogen (secondary N) is 1. The van der Waals surface area contributed by atoms with Crippen molar-refractivity contribution in [3.05, 3.63) is 24.0 Å². The third-order valence-corrected chi connectivity index (χ3v) is 20.4. The zero-order valence-electron chi connectivity index (χ0n) is 14.6. The van der Waals surface area contributed by atoms with Gasteiger partial charge >= 0.3 is 140 Å². The second kappa shape index (κ2) is 10.5. The van der Waals surface area contributed by atoms with E-state index < -0.39 is 18.4 Å². The first kappa shape index (κ1) is 19.8. The van der Waals surface area contributed by atoms with E-state index in [1.807, 2.05) is 6.07 Å².